The first-order chi connectivity index (χ1) is 7.31. The summed E-state index contributed by atoms with van der Waals surface area (Å²) in [5.74, 6) is 0. The predicted octanol–water partition coefficient (Wildman–Crippen LogP) is 2.79. The molecule has 3 heteroatoms. The number of aliphatic hydroxyl groups is 1. The van der Waals surface area contributed by atoms with Crippen molar-refractivity contribution < 1.29 is 5.11 Å². The van der Waals surface area contributed by atoms with E-state index in [9.17, 15) is 5.11 Å². The topological polar surface area (TPSA) is 33.1 Å². The quantitative estimate of drug-likeness (QED) is 0.861. The summed E-state index contributed by atoms with van der Waals surface area (Å²) < 4.78 is 3.98. The molecule has 1 atom stereocenters. The Hall–Kier alpha value is -1.19. The van der Waals surface area contributed by atoms with Gasteiger partial charge in [-0.05, 0) is 35.1 Å². The summed E-state index contributed by atoms with van der Waals surface area (Å²) in [4.78, 5) is 0.888. The van der Waals surface area contributed by atoms with Crippen LogP contribution in [0.15, 0.2) is 36.5 Å². The third-order valence-electron chi connectivity index (χ3n) is 2.43. The second kappa shape index (κ2) is 4.55. The van der Waals surface area contributed by atoms with Crippen LogP contribution in [-0.4, -0.2) is 9.48 Å². The smallest absolute Gasteiger partial charge is 0.115 e. The normalized spacial score (nSPS) is 12.7. The van der Waals surface area contributed by atoms with Gasteiger partial charge in [-0.2, -0.15) is 0 Å². The Labute approximate surface area is 93.4 Å². The standard InChI is InChI=1S/C12H13NOS/c1-2-9-3-5-10(6-4-9)12(14)11-7-8-13-15-11/h3-8,12,14H,2H2,1H3. The van der Waals surface area contributed by atoms with E-state index in [0.717, 1.165) is 16.9 Å². The number of hydrogen-bond acceptors (Lipinski definition) is 3. The average Bonchev–Trinajstić information content (AvgIpc) is 2.82. The Balaban J connectivity index is 2.22. The lowest BCUT2D eigenvalue weighted by molar-refractivity contribution is 0.224. The number of aromatic nitrogens is 1. The van der Waals surface area contributed by atoms with E-state index in [0.29, 0.717) is 0 Å². The number of benzene rings is 1. The molecule has 1 aromatic heterocycles. The number of aliphatic hydroxyl groups excluding tert-OH is 1. The van der Waals surface area contributed by atoms with Crippen molar-refractivity contribution in [1.29, 1.82) is 0 Å². The Kier molecular flexibility index (Phi) is 3.14. The van der Waals surface area contributed by atoms with Crippen molar-refractivity contribution in [2.45, 2.75) is 19.4 Å². The molecule has 0 saturated carbocycles. The summed E-state index contributed by atoms with van der Waals surface area (Å²) in [6.45, 7) is 2.12. The lowest BCUT2D eigenvalue weighted by Gasteiger charge is -2.08. The molecule has 1 aromatic carbocycles. The maximum absolute atomic E-state index is 10.0. The Bertz CT molecular complexity index is 408. The van der Waals surface area contributed by atoms with Crippen LogP contribution < -0.4 is 0 Å². The van der Waals surface area contributed by atoms with Crippen LogP contribution in [0, 0.1) is 0 Å². The van der Waals surface area contributed by atoms with Gasteiger partial charge in [-0.25, -0.2) is 4.37 Å². The zero-order valence-electron chi connectivity index (χ0n) is 8.55. The average molecular weight is 219 g/mol. The van der Waals surface area contributed by atoms with E-state index in [1.807, 2.05) is 18.2 Å². The van der Waals surface area contributed by atoms with Crippen molar-refractivity contribution in [3.8, 4) is 0 Å². The monoisotopic (exact) mass is 219 g/mol. The van der Waals surface area contributed by atoms with E-state index < -0.39 is 6.10 Å². The molecule has 2 aromatic rings. The van der Waals surface area contributed by atoms with Gasteiger partial charge in [0, 0.05) is 6.20 Å². The van der Waals surface area contributed by atoms with E-state index in [4.69, 9.17) is 0 Å². The number of aryl methyl sites for hydroxylation is 1. The molecule has 0 saturated heterocycles. The maximum Gasteiger partial charge on any atom is 0.115 e. The number of hydrogen-bond donors (Lipinski definition) is 1. The van der Waals surface area contributed by atoms with Gasteiger partial charge in [0.15, 0.2) is 0 Å². The minimum atomic E-state index is -0.539. The molecule has 0 aliphatic heterocycles. The number of rotatable bonds is 3. The Morgan fingerprint density at radius 2 is 2.00 bits per heavy atom. The summed E-state index contributed by atoms with van der Waals surface area (Å²) >= 11 is 1.34. The van der Waals surface area contributed by atoms with Gasteiger partial charge in [0.1, 0.15) is 6.10 Å². The van der Waals surface area contributed by atoms with Crippen LogP contribution in [0.2, 0.25) is 0 Å². The number of nitrogens with zero attached hydrogens (tertiary/aromatic N) is 1. The fraction of sp³-hybridized carbons (Fsp3) is 0.250. The molecular formula is C12H13NOS. The van der Waals surface area contributed by atoms with E-state index in [1.54, 1.807) is 6.20 Å². The summed E-state index contributed by atoms with van der Waals surface area (Å²) in [6, 6.07) is 9.91. The molecule has 0 amide bonds. The highest BCUT2D eigenvalue weighted by molar-refractivity contribution is 7.05. The molecule has 0 aliphatic rings. The van der Waals surface area contributed by atoms with Gasteiger partial charge < -0.3 is 5.11 Å². The third-order valence-corrected chi connectivity index (χ3v) is 3.23. The molecule has 0 spiro atoms. The van der Waals surface area contributed by atoms with Gasteiger partial charge in [0.05, 0.1) is 4.88 Å². The highest BCUT2D eigenvalue weighted by atomic mass is 32.1. The first-order valence-electron chi connectivity index (χ1n) is 4.98. The van der Waals surface area contributed by atoms with Gasteiger partial charge in [-0.15, -0.1) is 0 Å². The summed E-state index contributed by atoms with van der Waals surface area (Å²) in [7, 11) is 0. The minimum Gasteiger partial charge on any atom is -0.383 e. The SMILES string of the molecule is CCc1ccc(C(O)c2ccns2)cc1. The first kappa shape index (κ1) is 10.3. The Morgan fingerprint density at radius 1 is 1.27 bits per heavy atom. The van der Waals surface area contributed by atoms with Crippen molar-refractivity contribution in [1.82, 2.24) is 4.37 Å². The first-order valence-corrected chi connectivity index (χ1v) is 5.76. The maximum atomic E-state index is 10.0. The summed E-state index contributed by atoms with van der Waals surface area (Å²) in [6.07, 6.45) is 2.20. The molecule has 2 nitrogen and oxygen atoms in total. The van der Waals surface area contributed by atoms with Crippen LogP contribution in [0.25, 0.3) is 0 Å². The third kappa shape index (κ3) is 2.25. The predicted molar refractivity (Wildman–Crippen MR) is 62.0 cm³/mol. The summed E-state index contributed by atoms with van der Waals surface area (Å²) in [5.41, 5.74) is 2.21. The molecule has 78 valence electrons. The molecule has 0 bridgehead atoms. The molecule has 1 heterocycles. The zero-order chi connectivity index (χ0) is 10.7. The van der Waals surface area contributed by atoms with Crippen molar-refractivity contribution >= 4 is 11.5 Å². The second-order valence-corrected chi connectivity index (χ2v) is 4.28. The van der Waals surface area contributed by atoms with Crippen LogP contribution in [-0.2, 0) is 6.42 Å². The van der Waals surface area contributed by atoms with Crippen molar-refractivity contribution in [3.05, 3.63) is 52.5 Å². The van der Waals surface area contributed by atoms with Gasteiger partial charge in [0.25, 0.3) is 0 Å². The lowest BCUT2D eigenvalue weighted by atomic mass is 10.1. The molecule has 1 N–H and O–H groups in total. The van der Waals surface area contributed by atoms with Gasteiger partial charge >= 0.3 is 0 Å². The van der Waals surface area contributed by atoms with E-state index in [1.165, 1.54) is 17.1 Å². The zero-order valence-corrected chi connectivity index (χ0v) is 9.37. The molecule has 2 rings (SSSR count). The lowest BCUT2D eigenvalue weighted by Crippen LogP contribution is -1.96. The van der Waals surface area contributed by atoms with Crippen molar-refractivity contribution in [2.24, 2.45) is 0 Å². The van der Waals surface area contributed by atoms with E-state index >= 15 is 0 Å². The molecule has 1 unspecified atom stereocenters. The largest absolute Gasteiger partial charge is 0.383 e. The van der Waals surface area contributed by atoms with E-state index in [2.05, 4.69) is 23.4 Å². The second-order valence-electron chi connectivity index (χ2n) is 3.41. The van der Waals surface area contributed by atoms with Crippen LogP contribution in [0.5, 0.6) is 0 Å². The molecule has 15 heavy (non-hydrogen) atoms. The van der Waals surface area contributed by atoms with Crippen molar-refractivity contribution in [3.63, 3.8) is 0 Å². The van der Waals surface area contributed by atoms with Crippen LogP contribution in [0.4, 0.5) is 0 Å². The molecule has 0 radical (unpaired) electrons. The summed E-state index contributed by atoms with van der Waals surface area (Å²) in [5, 5.41) is 10.0. The minimum absolute atomic E-state index is 0.539. The van der Waals surface area contributed by atoms with Crippen LogP contribution in [0.3, 0.4) is 0 Å². The molecular weight excluding hydrogens is 206 g/mol. The Morgan fingerprint density at radius 3 is 2.53 bits per heavy atom. The van der Waals surface area contributed by atoms with Gasteiger partial charge in [-0.3, -0.25) is 0 Å². The van der Waals surface area contributed by atoms with Gasteiger partial charge in [-0.1, -0.05) is 31.2 Å². The van der Waals surface area contributed by atoms with Crippen LogP contribution in [0.1, 0.15) is 29.0 Å². The van der Waals surface area contributed by atoms with E-state index in [-0.39, 0.29) is 0 Å². The van der Waals surface area contributed by atoms with Crippen molar-refractivity contribution in [2.75, 3.05) is 0 Å². The fourth-order valence-corrected chi connectivity index (χ4v) is 2.07. The molecule has 0 fully saturated rings. The molecule has 0 aliphatic carbocycles. The van der Waals surface area contributed by atoms with Gasteiger partial charge in [0.2, 0.25) is 0 Å². The highest BCUT2D eigenvalue weighted by Gasteiger charge is 2.11. The highest BCUT2D eigenvalue weighted by Crippen LogP contribution is 2.24. The van der Waals surface area contributed by atoms with Crippen LogP contribution >= 0.6 is 11.5 Å². The fourth-order valence-electron chi connectivity index (χ4n) is 1.47.